The molecule has 4 heteroatoms. The Morgan fingerprint density at radius 2 is 1.60 bits per heavy atom. The van der Waals surface area contributed by atoms with Gasteiger partial charge in [-0.1, -0.05) is 12.1 Å². The Hall–Kier alpha value is -2.49. The lowest BCUT2D eigenvalue weighted by Gasteiger charge is -2.16. The van der Waals surface area contributed by atoms with Gasteiger partial charge in [0.2, 0.25) is 0 Å². The minimum Gasteiger partial charge on any atom is -0.362 e. The van der Waals surface area contributed by atoms with E-state index in [1.807, 2.05) is 43.3 Å². The van der Waals surface area contributed by atoms with Gasteiger partial charge in [-0.3, -0.25) is 4.98 Å². The third-order valence-corrected chi connectivity index (χ3v) is 3.30. The van der Waals surface area contributed by atoms with Crippen molar-refractivity contribution in [2.45, 2.75) is 19.9 Å². The summed E-state index contributed by atoms with van der Waals surface area (Å²) in [6, 6.07) is 12.1. The molecule has 3 aromatic rings. The van der Waals surface area contributed by atoms with Crippen LogP contribution in [0.4, 0.5) is 5.82 Å². The largest absolute Gasteiger partial charge is 0.362 e. The number of fused-ring (bicyclic) bond motifs is 1. The van der Waals surface area contributed by atoms with Gasteiger partial charge in [0.15, 0.2) is 0 Å². The maximum Gasteiger partial charge on any atom is 0.148 e. The highest BCUT2D eigenvalue weighted by Crippen LogP contribution is 2.21. The Morgan fingerprint density at radius 3 is 2.30 bits per heavy atom. The van der Waals surface area contributed by atoms with E-state index in [0.29, 0.717) is 0 Å². The molecule has 0 aliphatic carbocycles. The Bertz CT molecular complexity index is 725. The molecule has 20 heavy (non-hydrogen) atoms. The van der Waals surface area contributed by atoms with Crippen LogP contribution in [0.2, 0.25) is 0 Å². The van der Waals surface area contributed by atoms with Gasteiger partial charge in [0.1, 0.15) is 5.82 Å². The zero-order valence-electron chi connectivity index (χ0n) is 11.5. The van der Waals surface area contributed by atoms with Crippen molar-refractivity contribution in [2.24, 2.45) is 0 Å². The van der Waals surface area contributed by atoms with Crippen LogP contribution in [0.15, 0.2) is 48.8 Å². The number of pyridine rings is 1. The zero-order chi connectivity index (χ0) is 13.9. The number of hydrogen-bond donors (Lipinski definition) is 1. The molecule has 3 rings (SSSR count). The van der Waals surface area contributed by atoms with Crippen molar-refractivity contribution in [3.05, 3.63) is 60.0 Å². The zero-order valence-corrected chi connectivity index (χ0v) is 11.5. The van der Waals surface area contributed by atoms with Crippen LogP contribution in [0.25, 0.3) is 11.0 Å². The first kappa shape index (κ1) is 12.5. The molecule has 1 unspecified atom stereocenters. The minimum atomic E-state index is 0.159. The molecular weight excluding hydrogens is 248 g/mol. The average molecular weight is 264 g/mol. The van der Waals surface area contributed by atoms with E-state index >= 15 is 0 Å². The summed E-state index contributed by atoms with van der Waals surface area (Å²) < 4.78 is 0. The molecule has 100 valence electrons. The summed E-state index contributed by atoms with van der Waals surface area (Å²) in [5.74, 6) is 0.827. The van der Waals surface area contributed by atoms with Gasteiger partial charge in [0, 0.05) is 12.4 Å². The highest BCUT2D eigenvalue weighted by molar-refractivity contribution is 5.76. The van der Waals surface area contributed by atoms with Crippen LogP contribution in [0.1, 0.15) is 24.2 Å². The van der Waals surface area contributed by atoms with Crippen molar-refractivity contribution in [3.63, 3.8) is 0 Å². The van der Waals surface area contributed by atoms with E-state index in [4.69, 9.17) is 0 Å². The molecule has 0 aliphatic rings. The fourth-order valence-corrected chi connectivity index (χ4v) is 2.17. The maximum absolute atomic E-state index is 4.65. The quantitative estimate of drug-likeness (QED) is 0.786. The molecule has 4 nitrogen and oxygen atoms in total. The Kier molecular flexibility index (Phi) is 3.29. The summed E-state index contributed by atoms with van der Waals surface area (Å²) >= 11 is 0. The molecule has 0 saturated carbocycles. The molecule has 1 atom stereocenters. The number of para-hydroxylation sites is 2. The molecule has 0 spiro atoms. The van der Waals surface area contributed by atoms with Crippen LogP contribution in [0.3, 0.4) is 0 Å². The fourth-order valence-electron chi connectivity index (χ4n) is 2.17. The molecule has 0 amide bonds. The normalized spacial score (nSPS) is 12.3. The molecule has 2 aromatic heterocycles. The van der Waals surface area contributed by atoms with Crippen LogP contribution in [-0.2, 0) is 0 Å². The number of nitrogens with one attached hydrogen (secondary N) is 1. The smallest absolute Gasteiger partial charge is 0.148 e. The van der Waals surface area contributed by atoms with Gasteiger partial charge in [-0.15, -0.1) is 0 Å². The third-order valence-electron chi connectivity index (χ3n) is 3.30. The monoisotopic (exact) mass is 264 g/mol. The van der Waals surface area contributed by atoms with Crippen molar-refractivity contribution < 1.29 is 0 Å². The molecule has 0 aliphatic heterocycles. The van der Waals surface area contributed by atoms with Crippen LogP contribution in [0.5, 0.6) is 0 Å². The topological polar surface area (TPSA) is 50.7 Å². The maximum atomic E-state index is 4.65. The van der Waals surface area contributed by atoms with Gasteiger partial charge in [0.05, 0.1) is 22.8 Å². The van der Waals surface area contributed by atoms with Gasteiger partial charge in [-0.25, -0.2) is 9.97 Å². The predicted octanol–water partition coefficient (Wildman–Crippen LogP) is 3.51. The second-order valence-corrected chi connectivity index (χ2v) is 4.79. The van der Waals surface area contributed by atoms with Crippen LogP contribution >= 0.6 is 0 Å². The van der Waals surface area contributed by atoms with E-state index in [-0.39, 0.29) is 6.04 Å². The highest BCUT2D eigenvalue weighted by Gasteiger charge is 2.09. The summed E-state index contributed by atoms with van der Waals surface area (Å²) in [4.78, 5) is 13.3. The van der Waals surface area contributed by atoms with Crippen molar-refractivity contribution >= 4 is 16.9 Å². The molecular formula is C16H16N4. The van der Waals surface area contributed by atoms with E-state index in [2.05, 4.69) is 27.2 Å². The van der Waals surface area contributed by atoms with E-state index in [1.54, 1.807) is 12.4 Å². The van der Waals surface area contributed by atoms with Crippen molar-refractivity contribution in [3.8, 4) is 0 Å². The molecule has 1 aromatic carbocycles. The van der Waals surface area contributed by atoms with E-state index in [0.717, 1.165) is 22.5 Å². The summed E-state index contributed by atoms with van der Waals surface area (Å²) in [5.41, 5.74) is 3.91. The molecule has 2 heterocycles. The molecule has 0 fully saturated rings. The molecule has 0 radical (unpaired) electrons. The first-order chi connectivity index (χ1) is 9.74. The number of aromatic nitrogens is 3. The van der Waals surface area contributed by atoms with Gasteiger partial charge in [0.25, 0.3) is 0 Å². The average Bonchev–Trinajstić information content (AvgIpc) is 2.49. The summed E-state index contributed by atoms with van der Waals surface area (Å²) in [6.07, 6.45) is 3.60. The number of rotatable bonds is 3. The Balaban J connectivity index is 1.92. The van der Waals surface area contributed by atoms with E-state index in [9.17, 15) is 0 Å². The fraction of sp³-hybridized carbons (Fsp3) is 0.188. The number of hydrogen-bond acceptors (Lipinski definition) is 4. The van der Waals surface area contributed by atoms with Gasteiger partial charge < -0.3 is 5.32 Å². The standard InChI is InChI=1S/C16H16N4/c1-11(13-7-9-17-10-8-13)19-16-12(2)18-14-5-3-4-6-15(14)20-16/h3-11H,1-2H3,(H,19,20). The lowest BCUT2D eigenvalue weighted by molar-refractivity contribution is 0.866. The first-order valence-corrected chi connectivity index (χ1v) is 6.64. The first-order valence-electron chi connectivity index (χ1n) is 6.64. The summed E-state index contributed by atoms with van der Waals surface area (Å²) in [5, 5.41) is 3.42. The van der Waals surface area contributed by atoms with Crippen molar-refractivity contribution in [1.82, 2.24) is 15.0 Å². The molecule has 1 N–H and O–H groups in total. The number of benzene rings is 1. The van der Waals surface area contributed by atoms with E-state index in [1.165, 1.54) is 5.56 Å². The van der Waals surface area contributed by atoms with Crippen LogP contribution in [0, 0.1) is 6.92 Å². The van der Waals surface area contributed by atoms with E-state index < -0.39 is 0 Å². The predicted molar refractivity (Wildman–Crippen MR) is 80.5 cm³/mol. The molecule has 0 saturated heterocycles. The minimum absolute atomic E-state index is 0.159. The Labute approximate surface area is 117 Å². The summed E-state index contributed by atoms with van der Waals surface area (Å²) in [6.45, 7) is 4.08. The third kappa shape index (κ3) is 2.45. The number of anilines is 1. The number of aryl methyl sites for hydroxylation is 1. The lowest BCUT2D eigenvalue weighted by Crippen LogP contribution is -2.10. The second-order valence-electron chi connectivity index (χ2n) is 4.79. The number of nitrogens with zero attached hydrogens (tertiary/aromatic N) is 3. The second kappa shape index (κ2) is 5.25. The lowest BCUT2D eigenvalue weighted by atomic mass is 10.1. The summed E-state index contributed by atoms with van der Waals surface area (Å²) in [7, 11) is 0. The van der Waals surface area contributed by atoms with Gasteiger partial charge >= 0.3 is 0 Å². The Morgan fingerprint density at radius 1 is 0.950 bits per heavy atom. The van der Waals surface area contributed by atoms with Gasteiger partial charge in [-0.05, 0) is 43.7 Å². The van der Waals surface area contributed by atoms with Crippen molar-refractivity contribution in [2.75, 3.05) is 5.32 Å². The highest BCUT2D eigenvalue weighted by atomic mass is 15.0. The SMILES string of the molecule is Cc1nc2ccccc2nc1NC(C)c1ccncc1. The van der Waals surface area contributed by atoms with Gasteiger partial charge in [-0.2, -0.15) is 0 Å². The van der Waals surface area contributed by atoms with Crippen LogP contribution in [-0.4, -0.2) is 15.0 Å². The van der Waals surface area contributed by atoms with Crippen LogP contribution < -0.4 is 5.32 Å². The molecule has 0 bridgehead atoms. The van der Waals surface area contributed by atoms with Crippen molar-refractivity contribution in [1.29, 1.82) is 0 Å².